The molecule has 0 unspecified atom stereocenters. The molecule has 8 heteroatoms. The summed E-state index contributed by atoms with van der Waals surface area (Å²) in [7, 11) is 0. The van der Waals surface area contributed by atoms with Gasteiger partial charge in [0.25, 0.3) is 5.91 Å². The highest BCUT2D eigenvalue weighted by Gasteiger charge is 2.56. The summed E-state index contributed by atoms with van der Waals surface area (Å²) >= 11 is 1.38. The molecule has 0 bridgehead atoms. The van der Waals surface area contributed by atoms with Crippen LogP contribution in [0.25, 0.3) is 0 Å². The fourth-order valence-corrected chi connectivity index (χ4v) is 5.50. The number of amides is 3. The Balaban J connectivity index is 1.49. The van der Waals surface area contributed by atoms with E-state index < -0.39 is 24.1 Å². The highest BCUT2D eigenvalue weighted by atomic mass is 32.1. The lowest BCUT2D eigenvalue weighted by Crippen LogP contribution is -2.54. The zero-order valence-corrected chi connectivity index (χ0v) is 18.0. The van der Waals surface area contributed by atoms with E-state index in [1.165, 1.54) is 11.3 Å². The Morgan fingerprint density at radius 3 is 2.72 bits per heavy atom. The molecule has 3 amide bonds. The van der Waals surface area contributed by atoms with Gasteiger partial charge in [0.2, 0.25) is 0 Å². The predicted octanol–water partition coefficient (Wildman–Crippen LogP) is 3.39. The summed E-state index contributed by atoms with van der Waals surface area (Å²) in [6.07, 6.45) is 2.82. The third kappa shape index (κ3) is 4.86. The highest BCUT2D eigenvalue weighted by Crippen LogP contribution is 2.46. The van der Waals surface area contributed by atoms with Crippen LogP contribution in [0.1, 0.15) is 62.5 Å². The Kier molecular flexibility index (Phi) is 6.12. The van der Waals surface area contributed by atoms with E-state index in [1.54, 1.807) is 6.07 Å². The van der Waals surface area contributed by atoms with Crippen molar-refractivity contribution in [2.24, 2.45) is 11.3 Å². The number of carbonyl (C=O) groups excluding carboxylic acids is 4. The maximum absolute atomic E-state index is 13.0. The Labute approximate surface area is 174 Å². The standard InChI is InChI=1S/C21H28N2O5S/c1-14-10-20(2,3)13-21(11-14)18(26)23(19(27)22-21)12-17(25)28-8-4-6-15(24)16-7-5-9-29-16/h5,7,9,14H,4,6,8,10-13H2,1-3H3,(H,22,27)/t14-,21+/m1/s1. The highest BCUT2D eigenvalue weighted by molar-refractivity contribution is 7.12. The number of nitrogens with zero attached hydrogens (tertiary/aromatic N) is 1. The molecule has 158 valence electrons. The van der Waals surface area contributed by atoms with Crippen LogP contribution in [0, 0.1) is 11.3 Å². The number of hydrogen-bond acceptors (Lipinski definition) is 6. The molecular formula is C21H28N2O5S. The van der Waals surface area contributed by atoms with Crippen molar-refractivity contribution in [3.63, 3.8) is 0 Å². The van der Waals surface area contributed by atoms with Gasteiger partial charge in [-0.2, -0.15) is 0 Å². The van der Waals surface area contributed by atoms with Gasteiger partial charge in [-0.3, -0.25) is 19.3 Å². The normalized spacial score (nSPS) is 25.9. The first-order valence-electron chi connectivity index (χ1n) is 9.98. The second-order valence-corrected chi connectivity index (χ2v) is 9.93. The molecule has 1 aliphatic carbocycles. The van der Waals surface area contributed by atoms with Crippen LogP contribution >= 0.6 is 11.3 Å². The lowest BCUT2D eigenvalue weighted by atomic mass is 9.64. The summed E-state index contributed by atoms with van der Waals surface area (Å²) in [6.45, 7) is 5.95. The average Bonchev–Trinajstić information content (AvgIpc) is 3.21. The molecule has 2 fully saturated rings. The van der Waals surface area contributed by atoms with Crippen LogP contribution in [0.15, 0.2) is 17.5 Å². The number of thiophene rings is 1. The Bertz CT molecular complexity index is 804. The van der Waals surface area contributed by atoms with Gasteiger partial charge in [-0.1, -0.05) is 26.8 Å². The van der Waals surface area contributed by atoms with Crippen LogP contribution in [0.4, 0.5) is 4.79 Å². The van der Waals surface area contributed by atoms with E-state index in [4.69, 9.17) is 4.74 Å². The van der Waals surface area contributed by atoms with Crippen molar-refractivity contribution in [1.29, 1.82) is 0 Å². The Morgan fingerprint density at radius 2 is 2.07 bits per heavy atom. The number of urea groups is 1. The van der Waals surface area contributed by atoms with Gasteiger partial charge < -0.3 is 10.1 Å². The summed E-state index contributed by atoms with van der Waals surface area (Å²) in [5.41, 5.74) is -0.988. The Morgan fingerprint density at radius 1 is 1.31 bits per heavy atom. The number of ether oxygens (including phenoxy) is 1. The lowest BCUT2D eigenvalue weighted by Gasteiger charge is -2.43. The van der Waals surface area contributed by atoms with Gasteiger partial charge in [0.1, 0.15) is 12.1 Å². The zero-order chi connectivity index (χ0) is 21.2. The lowest BCUT2D eigenvalue weighted by molar-refractivity contribution is -0.148. The van der Waals surface area contributed by atoms with Gasteiger partial charge in [0, 0.05) is 6.42 Å². The summed E-state index contributed by atoms with van der Waals surface area (Å²) < 4.78 is 5.14. The van der Waals surface area contributed by atoms with Crippen molar-refractivity contribution >= 4 is 35.0 Å². The number of nitrogens with one attached hydrogen (secondary N) is 1. The van der Waals surface area contributed by atoms with Gasteiger partial charge in [0.15, 0.2) is 5.78 Å². The van der Waals surface area contributed by atoms with Gasteiger partial charge in [-0.15, -0.1) is 11.3 Å². The van der Waals surface area contributed by atoms with Crippen molar-refractivity contribution in [1.82, 2.24) is 10.2 Å². The molecule has 3 rings (SSSR count). The summed E-state index contributed by atoms with van der Waals surface area (Å²) in [5, 5.41) is 4.68. The molecule has 7 nitrogen and oxygen atoms in total. The van der Waals surface area contributed by atoms with Crippen molar-refractivity contribution < 1.29 is 23.9 Å². The number of esters is 1. The van der Waals surface area contributed by atoms with E-state index in [0.717, 1.165) is 11.3 Å². The summed E-state index contributed by atoms with van der Waals surface area (Å²) in [4.78, 5) is 51.1. The van der Waals surface area contributed by atoms with Gasteiger partial charge in [0.05, 0.1) is 11.5 Å². The topological polar surface area (TPSA) is 92.8 Å². The largest absolute Gasteiger partial charge is 0.464 e. The number of ketones is 1. The van der Waals surface area contributed by atoms with Crippen LogP contribution in [0.5, 0.6) is 0 Å². The second kappa shape index (κ2) is 8.26. The molecule has 0 radical (unpaired) electrons. The van der Waals surface area contributed by atoms with Crippen LogP contribution in [-0.2, 0) is 14.3 Å². The van der Waals surface area contributed by atoms with Crippen LogP contribution < -0.4 is 5.32 Å². The molecule has 2 atom stereocenters. The number of carbonyl (C=O) groups is 4. The van der Waals surface area contributed by atoms with Crippen molar-refractivity contribution in [2.75, 3.05) is 13.2 Å². The van der Waals surface area contributed by atoms with Gasteiger partial charge >= 0.3 is 12.0 Å². The first-order chi connectivity index (χ1) is 13.6. The van der Waals surface area contributed by atoms with E-state index >= 15 is 0 Å². The number of Topliss-reactive ketones (excluding diaryl/α,β-unsaturated/α-hetero) is 1. The van der Waals surface area contributed by atoms with Crippen LogP contribution in [0.3, 0.4) is 0 Å². The predicted molar refractivity (Wildman–Crippen MR) is 109 cm³/mol. The molecule has 1 spiro atoms. The molecule has 2 heterocycles. The molecule has 1 aliphatic heterocycles. The molecule has 1 N–H and O–H groups in total. The third-order valence-electron chi connectivity index (χ3n) is 5.52. The minimum absolute atomic E-state index is 0.0149. The molecular weight excluding hydrogens is 392 g/mol. The van der Waals surface area contributed by atoms with Crippen molar-refractivity contribution in [3.05, 3.63) is 22.4 Å². The third-order valence-corrected chi connectivity index (χ3v) is 6.43. The first kappa shape index (κ1) is 21.5. The maximum atomic E-state index is 13.0. The van der Waals surface area contributed by atoms with E-state index in [9.17, 15) is 19.2 Å². The number of imide groups is 1. The first-order valence-corrected chi connectivity index (χ1v) is 10.9. The van der Waals surface area contributed by atoms with Gasteiger partial charge in [-0.25, -0.2) is 4.79 Å². The molecule has 1 aromatic heterocycles. The fraction of sp³-hybridized carbons (Fsp3) is 0.619. The Hall–Kier alpha value is -2.22. The maximum Gasteiger partial charge on any atom is 0.326 e. The van der Waals surface area contributed by atoms with Crippen molar-refractivity contribution in [2.45, 2.75) is 58.4 Å². The van der Waals surface area contributed by atoms with E-state index in [2.05, 4.69) is 26.1 Å². The minimum atomic E-state index is -0.925. The van der Waals surface area contributed by atoms with E-state index in [-0.39, 0.29) is 30.1 Å². The molecule has 1 aromatic rings. The molecule has 0 aromatic carbocycles. The zero-order valence-electron chi connectivity index (χ0n) is 17.2. The molecule has 1 saturated carbocycles. The number of rotatable bonds is 7. The SMILES string of the molecule is C[C@@H]1CC(C)(C)C[C@]2(C1)NC(=O)N(CC(=O)OCCCC(=O)c1cccs1)C2=O. The summed E-state index contributed by atoms with van der Waals surface area (Å²) in [5.74, 6) is -0.666. The van der Waals surface area contributed by atoms with E-state index in [0.29, 0.717) is 30.1 Å². The van der Waals surface area contributed by atoms with Gasteiger partial charge in [-0.05, 0) is 48.5 Å². The molecule has 2 aliphatic rings. The quantitative estimate of drug-likeness (QED) is 0.316. The second-order valence-electron chi connectivity index (χ2n) is 8.98. The number of hydrogen-bond donors (Lipinski definition) is 1. The summed E-state index contributed by atoms with van der Waals surface area (Å²) in [6, 6.07) is 3.04. The van der Waals surface area contributed by atoms with Crippen molar-refractivity contribution in [3.8, 4) is 0 Å². The molecule has 1 saturated heterocycles. The van der Waals surface area contributed by atoms with E-state index in [1.807, 2.05) is 11.4 Å². The minimum Gasteiger partial charge on any atom is -0.464 e. The smallest absolute Gasteiger partial charge is 0.326 e. The fourth-order valence-electron chi connectivity index (χ4n) is 4.80. The monoisotopic (exact) mass is 420 g/mol. The molecule has 29 heavy (non-hydrogen) atoms. The van der Waals surface area contributed by atoms with Crippen LogP contribution in [-0.4, -0.2) is 47.3 Å². The average molecular weight is 421 g/mol. The van der Waals surface area contributed by atoms with Crippen LogP contribution in [0.2, 0.25) is 0 Å².